The van der Waals surface area contributed by atoms with E-state index in [4.69, 9.17) is 0 Å². The number of rotatable bonds is 5. The zero-order valence-electron chi connectivity index (χ0n) is 23.4. The molecule has 7 aromatic carbocycles. The van der Waals surface area contributed by atoms with Gasteiger partial charge in [0, 0.05) is 36.3 Å². The molecule has 204 valence electrons. The van der Waals surface area contributed by atoms with Gasteiger partial charge in [0.15, 0.2) is 0 Å². The number of nitrogens with zero attached hydrogens (tertiary/aromatic N) is 1. The van der Waals surface area contributed by atoms with E-state index in [0.717, 1.165) is 11.4 Å². The van der Waals surface area contributed by atoms with Gasteiger partial charge in [0.05, 0.1) is 5.69 Å². The molecule has 0 unspecified atom stereocenters. The molecule has 1 nitrogen and oxygen atoms in total. The summed E-state index contributed by atoms with van der Waals surface area (Å²) in [5.41, 5.74) is 8.36. The molecule has 1 aliphatic heterocycles. The Hall–Kier alpha value is -4.70. The van der Waals surface area contributed by atoms with E-state index in [9.17, 15) is 0 Å². The first-order valence-electron chi connectivity index (χ1n) is 14.4. The molecule has 0 N–H and O–H groups in total. The van der Waals surface area contributed by atoms with Crippen LogP contribution in [0, 0.1) is 0 Å². The SMILES string of the molecule is c1ccc(-c2ccc(N(c3ccc(-c4cccc5c4Sc4ccccc4S5)cc3)c3cccc4ccccc34)cc2)cc1. The lowest BCUT2D eigenvalue weighted by molar-refractivity contribution is 1.16. The molecule has 43 heavy (non-hydrogen) atoms. The predicted octanol–water partition coefficient (Wildman–Crippen LogP) is 12.3. The molecule has 0 saturated carbocycles. The van der Waals surface area contributed by atoms with Gasteiger partial charge in [-0.1, -0.05) is 139 Å². The second-order valence-corrected chi connectivity index (χ2v) is 12.7. The van der Waals surface area contributed by atoms with Crippen LogP contribution in [0.3, 0.4) is 0 Å². The van der Waals surface area contributed by atoms with Gasteiger partial charge in [-0.3, -0.25) is 0 Å². The normalized spacial score (nSPS) is 12.0. The summed E-state index contributed by atoms with van der Waals surface area (Å²) in [6, 6.07) is 59.1. The smallest absolute Gasteiger partial charge is 0.0540 e. The van der Waals surface area contributed by atoms with Crippen molar-refractivity contribution in [3.05, 3.63) is 164 Å². The number of hydrogen-bond donors (Lipinski definition) is 0. The first-order chi connectivity index (χ1) is 21.3. The summed E-state index contributed by atoms with van der Waals surface area (Å²) in [7, 11) is 0. The molecular formula is C40H27NS2. The highest BCUT2D eigenvalue weighted by atomic mass is 32.2. The molecule has 3 heteroatoms. The summed E-state index contributed by atoms with van der Waals surface area (Å²) >= 11 is 3.74. The van der Waals surface area contributed by atoms with E-state index in [1.807, 2.05) is 23.5 Å². The Balaban J connectivity index is 1.21. The van der Waals surface area contributed by atoms with Gasteiger partial charge in [-0.15, -0.1) is 0 Å². The van der Waals surface area contributed by atoms with E-state index in [1.54, 1.807) is 0 Å². The number of benzene rings is 7. The second-order valence-electron chi connectivity index (χ2n) is 10.6. The van der Waals surface area contributed by atoms with Gasteiger partial charge in [-0.25, -0.2) is 0 Å². The van der Waals surface area contributed by atoms with Crippen molar-refractivity contribution in [3.63, 3.8) is 0 Å². The molecule has 0 atom stereocenters. The third-order valence-electron chi connectivity index (χ3n) is 7.94. The van der Waals surface area contributed by atoms with Crippen LogP contribution in [-0.4, -0.2) is 0 Å². The van der Waals surface area contributed by atoms with E-state index >= 15 is 0 Å². The molecule has 1 aliphatic rings. The molecule has 0 aliphatic carbocycles. The van der Waals surface area contributed by atoms with Crippen LogP contribution >= 0.6 is 23.5 Å². The molecule has 7 aromatic rings. The monoisotopic (exact) mass is 585 g/mol. The quantitative estimate of drug-likeness (QED) is 0.198. The second kappa shape index (κ2) is 11.2. The average molecular weight is 586 g/mol. The van der Waals surface area contributed by atoms with Crippen molar-refractivity contribution in [2.45, 2.75) is 19.6 Å². The summed E-state index contributed by atoms with van der Waals surface area (Å²) in [6.45, 7) is 0. The highest BCUT2D eigenvalue weighted by molar-refractivity contribution is 8.05. The van der Waals surface area contributed by atoms with Gasteiger partial charge in [0.25, 0.3) is 0 Å². The van der Waals surface area contributed by atoms with Gasteiger partial charge in [0.1, 0.15) is 0 Å². The molecule has 0 spiro atoms. The standard InChI is InChI=1S/C40H27NS2/c1-2-10-28(11-3-1)29-20-24-32(25-21-29)41(36-16-8-13-30-12-4-5-14-34(30)36)33-26-22-31(23-27-33)35-15-9-19-39-40(35)43-38-18-7-6-17-37(38)42-39/h1-27H. The van der Waals surface area contributed by atoms with Crippen molar-refractivity contribution in [1.82, 2.24) is 0 Å². The molecule has 0 fully saturated rings. The average Bonchev–Trinajstić information content (AvgIpc) is 3.08. The van der Waals surface area contributed by atoms with Crippen LogP contribution in [-0.2, 0) is 0 Å². The predicted molar refractivity (Wildman–Crippen MR) is 184 cm³/mol. The lowest BCUT2D eigenvalue weighted by Crippen LogP contribution is -2.10. The maximum absolute atomic E-state index is 2.38. The zero-order valence-corrected chi connectivity index (χ0v) is 25.0. The topological polar surface area (TPSA) is 3.24 Å². The van der Waals surface area contributed by atoms with Crippen molar-refractivity contribution in [2.24, 2.45) is 0 Å². The molecule has 0 amide bonds. The van der Waals surface area contributed by atoms with Crippen molar-refractivity contribution in [3.8, 4) is 22.3 Å². The van der Waals surface area contributed by atoms with Gasteiger partial charge >= 0.3 is 0 Å². The molecule has 0 aromatic heterocycles. The van der Waals surface area contributed by atoms with Crippen LogP contribution in [0.1, 0.15) is 0 Å². The van der Waals surface area contributed by atoms with Gasteiger partial charge in [-0.05, 0) is 76.2 Å². The van der Waals surface area contributed by atoms with E-state index in [2.05, 4.69) is 169 Å². The first-order valence-corrected chi connectivity index (χ1v) is 16.1. The van der Waals surface area contributed by atoms with E-state index in [1.165, 1.54) is 58.3 Å². The van der Waals surface area contributed by atoms with Gasteiger partial charge in [-0.2, -0.15) is 0 Å². The van der Waals surface area contributed by atoms with Gasteiger partial charge < -0.3 is 4.90 Å². The molecule has 0 bridgehead atoms. The minimum Gasteiger partial charge on any atom is -0.310 e. The molecule has 8 rings (SSSR count). The third kappa shape index (κ3) is 4.91. The maximum atomic E-state index is 2.38. The minimum atomic E-state index is 1.13. The first kappa shape index (κ1) is 26.0. The fourth-order valence-corrected chi connectivity index (χ4v) is 8.23. The summed E-state index contributed by atoms with van der Waals surface area (Å²) in [5, 5.41) is 2.46. The van der Waals surface area contributed by atoms with Crippen molar-refractivity contribution >= 4 is 51.4 Å². The van der Waals surface area contributed by atoms with E-state index in [-0.39, 0.29) is 0 Å². The van der Waals surface area contributed by atoms with Crippen LogP contribution in [0.5, 0.6) is 0 Å². The Labute approximate surface area is 260 Å². The minimum absolute atomic E-state index is 1.13. The van der Waals surface area contributed by atoms with Crippen LogP contribution in [0.2, 0.25) is 0 Å². The van der Waals surface area contributed by atoms with Crippen molar-refractivity contribution in [1.29, 1.82) is 0 Å². The van der Waals surface area contributed by atoms with Crippen LogP contribution < -0.4 is 4.90 Å². The van der Waals surface area contributed by atoms with Crippen LogP contribution in [0.15, 0.2) is 183 Å². The lowest BCUT2D eigenvalue weighted by atomic mass is 10.0. The number of anilines is 3. The highest BCUT2D eigenvalue weighted by Gasteiger charge is 2.21. The summed E-state index contributed by atoms with van der Waals surface area (Å²) in [6.07, 6.45) is 0. The Morgan fingerprint density at radius 2 is 0.930 bits per heavy atom. The molecular weight excluding hydrogens is 559 g/mol. The number of hydrogen-bond acceptors (Lipinski definition) is 3. The third-order valence-corrected chi connectivity index (χ3v) is 10.6. The molecule has 0 radical (unpaired) electrons. The van der Waals surface area contributed by atoms with Gasteiger partial charge in [0.2, 0.25) is 0 Å². The Morgan fingerprint density at radius 3 is 1.70 bits per heavy atom. The van der Waals surface area contributed by atoms with Crippen molar-refractivity contribution < 1.29 is 0 Å². The van der Waals surface area contributed by atoms with E-state index in [0.29, 0.717) is 0 Å². The fraction of sp³-hybridized carbons (Fsp3) is 0. The van der Waals surface area contributed by atoms with Crippen LogP contribution in [0.25, 0.3) is 33.0 Å². The highest BCUT2D eigenvalue weighted by Crippen LogP contribution is 2.51. The maximum Gasteiger partial charge on any atom is 0.0540 e. The summed E-state index contributed by atoms with van der Waals surface area (Å²) < 4.78 is 0. The molecule has 1 heterocycles. The summed E-state index contributed by atoms with van der Waals surface area (Å²) in [4.78, 5) is 7.69. The zero-order chi connectivity index (χ0) is 28.6. The van der Waals surface area contributed by atoms with E-state index < -0.39 is 0 Å². The summed E-state index contributed by atoms with van der Waals surface area (Å²) in [5.74, 6) is 0. The number of fused-ring (bicyclic) bond motifs is 3. The Bertz CT molecular complexity index is 2060. The Morgan fingerprint density at radius 1 is 0.372 bits per heavy atom. The largest absolute Gasteiger partial charge is 0.310 e. The Kier molecular flexibility index (Phi) is 6.75. The fourth-order valence-electron chi connectivity index (χ4n) is 5.83. The van der Waals surface area contributed by atoms with Crippen molar-refractivity contribution in [2.75, 3.05) is 4.90 Å². The molecule has 0 saturated heterocycles. The lowest BCUT2D eigenvalue weighted by Gasteiger charge is -2.27. The van der Waals surface area contributed by atoms with Crippen LogP contribution in [0.4, 0.5) is 17.1 Å².